The lowest BCUT2D eigenvalue weighted by Crippen LogP contribution is -2.15. The summed E-state index contributed by atoms with van der Waals surface area (Å²) < 4.78 is 35.4. The number of ether oxygens (including phenoxy) is 1. The fraction of sp³-hybridized carbons (Fsp3) is 0.700. The summed E-state index contributed by atoms with van der Waals surface area (Å²) in [6.45, 7) is 3.43. The molecule has 5 nitrogen and oxygen atoms in total. The number of aliphatic hydroxyl groups is 1. The Bertz CT molecular complexity index is 531. The van der Waals surface area contributed by atoms with Gasteiger partial charge in [-0.1, -0.05) is 51.5 Å². The second-order valence-corrected chi connectivity index (χ2v) is 7.95. The molecule has 1 atom stereocenters. The molecule has 0 amide bonds. The van der Waals surface area contributed by atoms with Gasteiger partial charge >= 0.3 is 8.03 Å². The van der Waals surface area contributed by atoms with Gasteiger partial charge in [0.15, 0.2) is 24.5 Å². The molecule has 1 unspecified atom stereocenters. The van der Waals surface area contributed by atoms with Gasteiger partial charge in [0.2, 0.25) is 0 Å². The van der Waals surface area contributed by atoms with Gasteiger partial charge in [0, 0.05) is 13.0 Å². The summed E-state index contributed by atoms with van der Waals surface area (Å²) >= 11 is 0. The lowest BCUT2D eigenvalue weighted by Gasteiger charge is -2.09. The van der Waals surface area contributed by atoms with Crippen molar-refractivity contribution in [3.05, 3.63) is 29.6 Å². The van der Waals surface area contributed by atoms with E-state index in [0.29, 0.717) is 38.0 Å². The normalized spacial score (nSPS) is 11.6. The molecule has 1 aromatic rings. The second-order valence-electron chi connectivity index (χ2n) is 6.58. The molecule has 0 aliphatic rings. The average Bonchev–Trinajstić information content (AvgIpc) is 2.65. The standard InChI is InChI=1S/C20H34FNO4P/c1-2-3-4-5-6-7-8-13-25-20-11-10-18(15-19(20)21)16-22-12-9-14-27(24)26-17-23/h10-11,15,22-23H,2-9,12-14,16-17H2,1H3/q+1. The third-order valence-electron chi connectivity index (χ3n) is 4.23. The molecular weight excluding hydrogens is 368 g/mol. The van der Waals surface area contributed by atoms with E-state index >= 15 is 0 Å². The molecule has 27 heavy (non-hydrogen) atoms. The summed E-state index contributed by atoms with van der Waals surface area (Å²) in [4.78, 5) is 0. The Morgan fingerprint density at radius 2 is 1.85 bits per heavy atom. The molecule has 0 aromatic heterocycles. The zero-order valence-electron chi connectivity index (χ0n) is 16.4. The predicted octanol–water partition coefficient (Wildman–Crippen LogP) is 5.14. The Morgan fingerprint density at radius 1 is 1.11 bits per heavy atom. The minimum absolute atomic E-state index is 0.308. The highest BCUT2D eigenvalue weighted by Gasteiger charge is 2.15. The van der Waals surface area contributed by atoms with Gasteiger partial charge in [-0.15, -0.1) is 4.52 Å². The second kappa shape index (κ2) is 15.9. The highest BCUT2D eigenvalue weighted by Crippen LogP contribution is 2.22. The van der Waals surface area contributed by atoms with Crippen LogP contribution in [0.4, 0.5) is 4.39 Å². The molecule has 0 bridgehead atoms. The summed E-state index contributed by atoms with van der Waals surface area (Å²) in [5.41, 5.74) is 0.840. The van der Waals surface area contributed by atoms with Crippen molar-refractivity contribution in [3.63, 3.8) is 0 Å². The summed E-state index contributed by atoms with van der Waals surface area (Å²) in [6, 6.07) is 5.02. The number of halogens is 1. The van der Waals surface area contributed by atoms with Crippen LogP contribution in [0, 0.1) is 5.82 Å². The van der Waals surface area contributed by atoms with Crippen LogP contribution in [0.1, 0.15) is 63.9 Å². The molecule has 154 valence electrons. The fourth-order valence-electron chi connectivity index (χ4n) is 2.71. The van der Waals surface area contributed by atoms with Crippen molar-refractivity contribution in [1.29, 1.82) is 0 Å². The number of hydrogen-bond donors (Lipinski definition) is 2. The van der Waals surface area contributed by atoms with Gasteiger partial charge < -0.3 is 15.2 Å². The minimum Gasteiger partial charge on any atom is -0.491 e. The number of nitrogens with one attached hydrogen (secondary N) is 1. The zero-order valence-corrected chi connectivity index (χ0v) is 17.3. The number of hydrogen-bond acceptors (Lipinski definition) is 5. The smallest absolute Gasteiger partial charge is 0.491 e. The molecule has 0 aliphatic carbocycles. The monoisotopic (exact) mass is 402 g/mol. The van der Waals surface area contributed by atoms with Gasteiger partial charge in [-0.05, 0) is 35.2 Å². The van der Waals surface area contributed by atoms with Crippen molar-refractivity contribution in [2.24, 2.45) is 0 Å². The molecule has 1 rings (SSSR count). The third kappa shape index (κ3) is 12.1. The van der Waals surface area contributed by atoms with Gasteiger partial charge in [-0.2, -0.15) is 0 Å². The van der Waals surface area contributed by atoms with Gasteiger partial charge in [0.25, 0.3) is 0 Å². The van der Waals surface area contributed by atoms with Crippen LogP contribution in [-0.4, -0.2) is 31.2 Å². The van der Waals surface area contributed by atoms with Crippen LogP contribution in [0.2, 0.25) is 0 Å². The maximum absolute atomic E-state index is 14.1. The first-order valence-electron chi connectivity index (χ1n) is 9.97. The average molecular weight is 402 g/mol. The Hall–Kier alpha value is -1.07. The Balaban J connectivity index is 2.15. The number of benzene rings is 1. The highest BCUT2D eigenvalue weighted by molar-refractivity contribution is 7.39. The van der Waals surface area contributed by atoms with E-state index in [-0.39, 0.29) is 5.82 Å². The van der Waals surface area contributed by atoms with Crippen LogP contribution in [0.3, 0.4) is 0 Å². The molecule has 0 saturated heterocycles. The lowest BCUT2D eigenvalue weighted by atomic mass is 10.1. The van der Waals surface area contributed by atoms with E-state index in [9.17, 15) is 8.96 Å². The Labute approximate surface area is 163 Å². The SMILES string of the molecule is CCCCCCCCCOc1ccc(CNCCC[P+](=O)OCO)cc1F. The van der Waals surface area contributed by atoms with Crippen LogP contribution in [0.25, 0.3) is 0 Å². The summed E-state index contributed by atoms with van der Waals surface area (Å²) in [7, 11) is -1.79. The van der Waals surface area contributed by atoms with Crippen molar-refractivity contribution < 1.29 is 23.3 Å². The Morgan fingerprint density at radius 3 is 2.56 bits per heavy atom. The van der Waals surface area contributed by atoms with Gasteiger partial charge in [-0.3, -0.25) is 0 Å². The minimum atomic E-state index is -1.79. The highest BCUT2D eigenvalue weighted by atomic mass is 31.1. The summed E-state index contributed by atoms with van der Waals surface area (Å²) in [5.74, 6) is -0.0282. The van der Waals surface area contributed by atoms with E-state index in [2.05, 4.69) is 16.8 Å². The quantitative estimate of drug-likeness (QED) is 0.214. The van der Waals surface area contributed by atoms with Crippen molar-refractivity contribution >= 4 is 8.03 Å². The topological polar surface area (TPSA) is 67.8 Å². The molecule has 1 aromatic carbocycles. The Kier molecular flexibility index (Phi) is 14.1. The first kappa shape index (κ1) is 24.0. The van der Waals surface area contributed by atoms with Crippen molar-refractivity contribution in [3.8, 4) is 5.75 Å². The van der Waals surface area contributed by atoms with E-state index in [1.165, 1.54) is 38.2 Å². The molecule has 0 radical (unpaired) electrons. The van der Waals surface area contributed by atoms with Crippen LogP contribution in [0.15, 0.2) is 18.2 Å². The summed E-state index contributed by atoms with van der Waals surface area (Å²) in [5, 5.41) is 11.7. The van der Waals surface area contributed by atoms with Crippen LogP contribution >= 0.6 is 8.03 Å². The van der Waals surface area contributed by atoms with Crippen molar-refractivity contribution in [2.45, 2.75) is 64.8 Å². The van der Waals surface area contributed by atoms with Gasteiger partial charge in [0.05, 0.1) is 6.61 Å². The molecule has 0 fully saturated rings. The maximum atomic E-state index is 14.1. The molecule has 0 aliphatic heterocycles. The van der Waals surface area contributed by atoms with Crippen molar-refractivity contribution in [2.75, 3.05) is 26.1 Å². The number of unbranched alkanes of at least 4 members (excludes halogenated alkanes) is 6. The third-order valence-corrected chi connectivity index (χ3v) is 5.31. The van der Waals surface area contributed by atoms with E-state index in [0.717, 1.165) is 18.4 Å². The molecule has 7 heteroatoms. The van der Waals surface area contributed by atoms with E-state index in [1.807, 2.05) is 6.07 Å². The van der Waals surface area contributed by atoms with Crippen molar-refractivity contribution in [1.82, 2.24) is 5.32 Å². The summed E-state index contributed by atoms with van der Waals surface area (Å²) in [6.07, 6.45) is 9.50. The predicted molar refractivity (Wildman–Crippen MR) is 107 cm³/mol. The number of rotatable bonds is 17. The first-order valence-corrected chi connectivity index (χ1v) is 11.3. The molecule has 2 N–H and O–H groups in total. The molecular formula is C20H34FNO4P+. The molecule has 0 spiro atoms. The number of aliphatic hydroxyl groups excluding tert-OH is 1. The fourth-order valence-corrected chi connectivity index (χ4v) is 3.38. The van der Waals surface area contributed by atoms with Crippen LogP contribution in [0.5, 0.6) is 5.75 Å². The molecule has 0 heterocycles. The van der Waals surface area contributed by atoms with Crippen LogP contribution in [-0.2, 0) is 15.6 Å². The van der Waals surface area contributed by atoms with Crippen LogP contribution < -0.4 is 10.1 Å². The van der Waals surface area contributed by atoms with E-state index in [1.54, 1.807) is 6.07 Å². The van der Waals surface area contributed by atoms with E-state index < -0.39 is 14.8 Å². The zero-order chi connectivity index (χ0) is 19.7. The van der Waals surface area contributed by atoms with Gasteiger partial charge in [-0.25, -0.2) is 4.39 Å². The molecule has 0 saturated carbocycles. The lowest BCUT2D eigenvalue weighted by molar-refractivity contribution is 0.107. The maximum Gasteiger partial charge on any atom is 0.510 e. The van der Waals surface area contributed by atoms with E-state index in [4.69, 9.17) is 9.84 Å². The first-order chi connectivity index (χ1) is 13.2. The van der Waals surface area contributed by atoms with Gasteiger partial charge in [0.1, 0.15) is 0 Å². The largest absolute Gasteiger partial charge is 0.510 e.